The molecular formula is C25H42N2O3. The highest BCUT2D eigenvalue weighted by atomic mass is 16.6. The van der Waals surface area contributed by atoms with Crippen molar-refractivity contribution in [3.05, 3.63) is 11.6 Å². The minimum atomic E-state index is -0.499. The van der Waals surface area contributed by atoms with Crippen molar-refractivity contribution in [2.45, 2.75) is 90.3 Å². The summed E-state index contributed by atoms with van der Waals surface area (Å²) in [7, 11) is 0. The molecule has 4 aliphatic rings. The van der Waals surface area contributed by atoms with E-state index in [0.717, 1.165) is 50.5 Å². The Balaban J connectivity index is 1.63. The third-order valence-corrected chi connectivity index (χ3v) is 9.83. The van der Waals surface area contributed by atoms with Gasteiger partial charge in [0, 0.05) is 6.54 Å². The highest BCUT2D eigenvalue weighted by molar-refractivity contribution is 5.77. The molecule has 0 aromatic carbocycles. The Morgan fingerprint density at radius 2 is 1.93 bits per heavy atom. The normalized spacial score (nSPS) is 48.9. The van der Waals surface area contributed by atoms with Gasteiger partial charge in [-0.25, -0.2) is 0 Å². The molecule has 0 saturated heterocycles. The molecule has 0 radical (unpaired) electrons. The molecule has 0 amide bonds. The number of hydrogen-bond donors (Lipinski definition) is 3. The summed E-state index contributed by atoms with van der Waals surface area (Å²) in [6.07, 6.45) is 13.5. The fourth-order valence-electron chi connectivity index (χ4n) is 8.18. The van der Waals surface area contributed by atoms with Gasteiger partial charge < -0.3 is 20.8 Å². The lowest BCUT2D eigenvalue weighted by atomic mass is 9.41. The van der Waals surface area contributed by atoms with E-state index in [4.69, 9.17) is 10.6 Å². The number of aliphatic hydroxyl groups is 2. The molecule has 4 aliphatic carbocycles. The maximum atomic E-state index is 11.9. The molecule has 0 spiro atoms. The number of nitrogens with two attached hydrogens (primary N) is 1. The van der Waals surface area contributed by atoms with E-state index in [1.165, 1.54) is 12.8 Å². The smallest absolute Gasteiger partial charge is 0.129 e. The number of aliphatic hydroxyl groups excluding tert-OH is 1. The van der Waals surface area contributed by atoms with Crippen LogP contribution in [-0.2, 0) is 4.84 Å². The zero-order valence-electron chi connectivity index (χ0n) is 19.1. The Kier molecular flexibility index (Phi) is 6.10. The van der Waals surface area contributed by atoms with E-state index in [2.05, 4.69) is 32.0 Å². The van der Waals surface area contributed by atoms with Crippen LogP contribution >= 0.6 is 0 Å². The van der Waals surface area contributed by atoms with Crippen LogP contribution in [0, 0.1) is 34.5 Å². The number of oxime groups is 1. The first-order chi connectivity index (χ1) is 14.2. The zero-order chi connectivity index (χ0) is 21.6. The van der Waals surface area contributed by atoms with Gasteiger partial charge in [-0.1, -0.05) is 25.1 Å². The minimum absolute atomic E-state index is 0.0970. The Bertz CT molecular complexity index is 694. The molecule has 4 rings (SSSR count). The maximum absolute atomic E-state index is 11.9. The Labute approximate surface area is 182 Å². The summed E-state index contributed by atoms with van der Waals surface area (Å²) in [5, 5.41) is 26.7. The number of fused-ring (bicyclic) bond motifs is 5. The lowest BCUT2D eigenvalue weighted by Crippen LogP contribution is -2.62. The lowest BCUT2D eigenvalue weighted by molar-refractivity contribution is -0.211. The summed E-state index contributed by atoms with van der Waals surface area (Å²) < 4.78 is 0. The van der Waals surface area contributed by atoms with Gasteiger partial charge in [0.25, 0.3) is 0 Å². The van der Waals surface area contributed by atoms with Gasteiger partial charge in [0.1, 0.15) is 6.61 Å². The van der Waals surface area contributed by atoms with Crippen molar-refractivity contribution >= 4 is 6.21 Å². The Hall–Kier alpha value is -0.910. The van der Waals surface area contributed by atoms with Crippen molar-refractivity contribution in [3.63, 3.8) is 0 Å². The topological polar surface area (TPSA) is 88.1 Å². The predicted octanol–water partition coefficient (Wildman–Crippen LogP) is 4.03. The molecule has 5 nitrogen and oxygen atoms in total. The third-order valence-electron chi connectivity index (χ3n) is 9.83. The molecule has 4 fully saturated rings. The van der Waals surface area contributed by atoms with Crippen LogP contribution in [0.2, 0.25) is 0 Å². The fourth-order valence-corrected chi connectivity index (χ4v) is 8.18. The lowest BCUT2D eigenvalue weighted by Gasteiger charge is -2.64. The van der Waals surface area contributed by atoms with Crippen molar-refractivity contribution in [3.8, 4) is 0 Å². The summed E-state index contributed by atoms with van der Waals surface area (Å²) in [6.45, 7) is 7.76. The van der Waals surface area contributed by atoms with Gasteiger partial charge in [-0.05, 0) is 105 Å². The minimum Gasteiger partial charge on any atom is -0.394 e. The molecule has 170 valence electrons. The van der Waals surface area contributed by atoms with Crippen molar-refractivity contribution in [2.75, 3.05) is 13.2 Å². The molecule has 0 heterocycles. The first-order valence-electron chi connectivity index (χ1n) is 12.2. The monoisotopic (exact) mass is 418 g/mol. The molecule has 0 aromatic rings. The Morgan fingerprint density at radius 1 is 1.13 bits per heavy atom. The van der Waals surface area contributed by atoms with Crippen LogP contribution in [0.5, 0.6) is 0 Å². The molecule has 5 heteroatoms. The molecule has 0 bridgehead atoms. The number of nitrogens with zero attached hydrogens (tertiary/aromatic N) is 1. The molecule has 1 unspecified atom stereocenters. The average Bonchev–Trinajstić information content (AvgIpc) is 3.01. The number of allylic oxidation sites excluding steroid dienone is 2. The maximum Gasteiger partial charge on any atom is 0.129 e. The van der Waals surface area contributed by atoms with E-state index in [0.29, 0.717) is 36.8 Å². The molecular weight excluding hydrogens is 376 g/mol. The largest absolute Gasteiger partial charge is 0.394 e. The second kappa shape index (κ2) is 8.22. The number of hydrogen-bond acceptors (Lipinski definition) is 5. The first kappa shape index (κ1) is 22.3. The molecule has 4 saturated carbocycles. The van der Waals surface area contributed by atoms with Gasteiger partial charge in [0.15, 0.2) is 0 Å². The van der Waals surface area contributed by atoms with Crippen LogP contribution in [0.25, 0.3) is 0 Å². The predicted molar refractivity (Wildman–Crippen MR) is 120 cm³/mol. The standard InChI is InChI=1S/C25H42N2O3/c1-17(16-27-30-12-11-26)13-19-15-20(28)14-18-5-6-22-21(24(18,19)3)7-10-23(2)8-4-9-25(22,23)29/h13,16,18-22,28-29H,4-12,14-15,26H2,1-3H3/b17-13+,27-16+/t18-,19?,20-,21+,22-,23+,24-,25+/m1/s1. The molecule has 0 aromatic heterocycles. The van der Waals surface area contributed by atoms with Crippen molar-refractivity contribution in [2.24, 2.45) is 45.4 Å². The summed E-state index contributed by atoms with van der Waals surface area (Å²) in [5.74, 6) is 1.75. The van der Waals surface area contributed by atoms with Gasteiger partial charge in [0.05, 0.1) is 17.9 Å². The van der Waals surface area contributed by atoms with Crippen LogP contribution in [0.4, 0.5) is 0 Å². The van der Waals surface area contributed by atoms with Crippen molar-refractivity contribution < 1.29 is 15.1 Å². The van der Waals surface area contributed by atoms with Gasteiger partial charge in [0.2, 0.25) is 0 Å². The number of rotatable bonds is 5. The second-order valence-corrected chi connectivity index (χ2v) is 11.2. The summed E-state index contributed by atoms with van der Waals surface area (Å²) >= 11 is 0. The van der Waals surface area contributed by atoms with Crippen molar-refractivity contribution in [1.29, 1.82) is 0 Å². The van der Waals surface area contributed by atoms with E-state index in [9.17, 15) is 10.2 Å². The summed E-state index contributed by atoms with van der Waals surface area (Å²) in [5.41, 5.74) is 6.25. The second-order valence-electron chi connectivity index (χ2n) is 11.2. The molecule has 4 N–H and O–H groups in total. The fraction of sp³-hybridized carbons (Fsp3) is 0.880. The molecule has 0 aliphatic heterocycles. The highest BCUT2D eigenvalue weighted by Gasteiger charge is 2.65. The van der Waals surface area contributed by atoms with Crippen LogP contribution in [0.15, 0.2) is 16.8 Å². The quantitative estimate of drug-likeness (QED) is 0.357. The van der Waals surface area contributed by atoms with E-state index in [1.807, 2.05) is 0 Å². The van der Waals surface area contributed by atoms with Crippen LogP contribution in [0.1, 0.15) is 78.6 Å². The summed E-state index contributed by atoms with van der Waals surface area (Å²) in [4.78, 5) is 5.17. The van der Waals surface area contributed by atoms with E-state index in [1.54, 1.807) is 6.21 Å². The molecule has 30 heavy (non-hydrogen) atoms. The van der Waals surface area contributed by atoms with Gasteiger partial charge in [-0.15, -0.1) is 0 Å². The first-order valence-corrected chi connectivity index (χ1v) is 12.2. The average molecular weight is 419 g/mol. The third kappa shape index (κ3) is 3.45. The van der Waals surface area contributed by atoms with E-state index in [-0.39, 0.29) is 16.9 Å². The van der Waals surface area contributed by atoms with Crippen LogP contribution < -0.4 is 5.73 Å². The summed E-state index contributed by atoms with van der Waals surface area (Å²) in [6, 6.07) is 0. The SMILES string of the molecule is CC(/C=N/OCCN)=C\C1C[C@H](O)C[C@H]2CC[C@@H]3[C@H](CC[C@]4(C)CCC[C@]34O)[C@@]12C. The zero-order valence-corrected chi connectivity index (χ0v) is 19.1. The van der Waals surface area contributed by atoms with Gasteiger partial charge in [-0.2, -0.15) is 0 Å². The van der Waals surface area contributed by atoms with Crippen LogP contribution in [0.3, 0.4) is 0 Å². The van der Waals surface area contributed by atoms with Gasteiger partial charge >= 0.3 is 0 Å². The highest BCUT2D eigenvalue weighted by Crippen LogP contribution is 2.68. The molecule has 8 atom stereocenters. The van der Waals surface area contributed by atoms with Crippen molar-refractivity contribution in [1.82, 2.24) is 0 Å². The van der Waals surface area contributed by atoms with E-state index >= 15 is 0 Å². The van der Waals surface area contributed by atoms with Crippen LogP contribution in [-0.4, -0.2) is 41.3 Å². The Morgan fingerprint density at radius 3 is 2.70 bits per heavy atom. The van der Waals surface area contributed by atoms with Gasteiger partial charge in [-0.3, -0.25) is 0 Å². The van der Waals surface area contributed by atoms with E-state index < -0.39 is 5.60 Å².